The van der Waals surface area contributed by atoms with Crippen LogP contribution in [-0.2, 0) is 14.6 Å². The van der Waals surface area contributed by atoms with Crippen molar-refractivity contribution in [3.8, 4) is 0 Å². The van der Waals surface area contributed by atoms with Gasteiger partial charge in [-0.2, -0.15) is 0 Å². The molecular weight excluding hydrogens is 394 g/mol. The summed E-state index contributed by atoms with van der Waals surface area (Å²) in [6, 6.07) is 14.3. The quantitative estimate of drug-likeness (QED) is 0.684. The fourth-order valence-electron chi connectivity index (χ4n) is 3.18. The molecule has 0 aromatic heterocycles. The van der Waals surface area contributed by atoms with Crippen LogP contribution in [0.15, 0.2) is 63.2 Å². The van der Waals surface area contributed by atoms with Crippen molar-refractivity contribution in [1.82, 2.24) is 4.90 Å². The van der Waals surface area contributed by atoms with E-state index in [-0.39, 0.29) is 10.8 Å². The summed E-state index contributed by atoms with van der Waals surface area (Å²) >= 11 is 1.47. The Morgan fingerprint density at radius 1 is 1.18 bits per heavy atom. The third-order valence-electron chi connectivity index (χ3n) is 4.77. The van der Waals surface area contributed by atoms with Crippen LogP contribution in [0.5, 0.6) is 0 Å². The first-order chi connectivity index (χ1) is 13.4. The second-order valence-corrected chi connectivity index (χ2v) is 10.0. The molecule has 0 spiro atoms. The Morgan fingerprint density at radius 3 is 2.50 bits per heavy atom. The van der Waals surface area contributed by atoms with Crippen molar-refractivity contribution < 1.29 is 17.9 Å². The van der Waals surface area contributed by atoms with E-state index in [9.17, 15) is 13.2 Å². The van der Waals surface area contributed by atoms with Crippen molar-refractivity contribution in [2.45, 2.75) is 28.0 Å². The maximum atomic E-state index is 13.2. The summed E-state index contributed by atoms with van der Waals surface area (Å²) in [7, 11) is -3.22. The lowest BCUT2D eigenvalue weighted by Gasteiger charge is -2.24. The van der Waals surface area contributed by atoms with Gasteiger partial charge in [0.1, 0.15) is 0 Å². The average Bonchev–Trinajstić information content (AvgIpc) is 3.19. The van der Waals surface area contributed by atoms with Crippen LogP contribution in [0.4, 0.5) is 0 Å². The van der Waals surface area contributed by atoms with E-state index < -0.39 is 9.84 Å². The number of carbonyl (C=O) groups is 1. The predicted molar refractivity (Wildman–Crippen MR) is 111 cm³/mol. The fraction of sp³-hybridized carbons (Fsp3) is 0.381. The summed E-state index contributed by atoms with van der Waals surface area (Å²) in [6.45, 7) is 4.83. The van der Waals surface area contributed by atoms with Crippen molar-refractivity contribution in [2.75, 3.05) is 32.6 Å². The molecule has 2 aromatic rings. The Balaban J connectivity index is 1.79. The van der Waals surface area contributed by atoms with E-state index >= 15 is 0 Å². The zero-order chi connectivity index (χ0) is 20.1. The van der Waals surface area contributed by atoms with Crippen molar-refractivity contribution in [2.24, 2.45) is 5.92 Å². The van der Waals surface area contributed by atoms with Crippen molar-refractivity contribution in [3.63, 3.8) is 0 Å². The number of hydrogen-bond donors (Lipinski definition) is 0. The lowest BCUT2D eigenvalue weighted by molar-refractivity contribution is 0.0727. The number of rotatable bonds is 7. The van der Waals surface area contributed by atoms with Crippen LogP contribution in [0.25, 0.3) is 0 Å². The van der Waals surface area contributed by atoms with Gasteiger partial charge in [0.25, 0.3) is 5.91 Å². The second-order valence-electron chi connectivity index (χ2n) is 6.92. The summed E-state index contributed by atoms with van der Waals surface area (Å²) in [5, 5.41) is 0. The van der Waals surface area contributed by atoms with Gasteiger partial charge in [-0.05, 0) is 49.7 Å². The van der Waals surface area contributed by atoms with Gasteiger partial charge < -0.3 is 9.64 Å². The Labute approximate surface area is 171 Å². The fourth-order valence-corrected chi connectivity index (χ4v) is 4.75. The Hall–Kier alpha value is -1.83. The van der Waals surface area contributed by atoms with Gasteiger partial charge >= 0.3 is 0 Å². The van der Waals surface area contributed by atoms with Gasteiger partial charge in [0.2, 0.25) is 0 Å². The number of nitrogens with zero attached hydrogens (tertiary/aromatic N) is 1. The molecule has 2 aromatic carbocycles. The highest BCUT2D eigenvalue weighted by Crippen LogP contribution is 2.32. The smallest absolute Gasteiger partial charge is 0.255 e. The SMILES string of the molecule is CCN(C[C@@H]1CCOC1)C(=O)c1ccccc1Sc1ccc(S(C)(=O)=O)cc1. The molecule has 1 amide bonds. The minimum absolute atomic E-state index is 0.0188. The van der Waals surface area contributed by atoms with Crippen LogP contribution in [0.2, 0.25) is 0 Å². The van der Waals surface area contributed by atoms with E-state index in [0.717, 1.165) is 22.8 Å². The molecule has 0 unspecified atom stereocenters. The highest BCUT2D eigenvalue weighted by atomic mass is 32.2. The molecule has 0 radical (unpaired) electrons. The highest BCUT2D eigenvalue weighted by molar-refractivity contribution is 7.99. The molecule has 1 fully saturated rings. The molecule has 0 N–H and O–H groups in total. The standard InChI is InChI=1S/C21H25NO4S2/c1-3-22(14-16-12-13-26-15-16)21(23)19-6-4-5-7-20(19)27-17-8-10-18(11-9-17)28(2,24)25/h4-11,16H,3,12-15H2,1-2H3/t16-/m0/s1. The molecule has 1 atom stereocenters. The van der Waals surface area contributed by atoms with E-state index in [0.29, 0.717) is 31.2 Å². The first-order valence-corrected chi connectivity index (χ1v) is 12.0. The van der Waals surface area contributed by atoms with Crippen LogP contribution in [-0.4, -0.2) is 51.8 Å². The normalized spacial score (nSPS) is 16.9. The predicted octanol–water partition coefficient (Wildman–Crippen LogP) is 3.74. The molecule has 150 valence electrons. The van der Waals surface area contributed by atoms with Crippen LogP contribution in [0.1, 0.15) is 23.7 Å². The maximum Gasteiger partial charge on any atom is 0.255 e. The van der Waals surface area contributed by atoms with Crippen molar-refractivity contribution >= 4 is 27.5 Å². The monoisotopic (exact) mass is 419 g/mol. The summed E-state index contributed by atoms with van der Waals surface area (Å²) in [4.78, 5) is 17.1. The number of amides is 1. The zero-order valence-corrected chi connectivity index (χ0v) is 17.8. The molecule has 1 heterocycles. The van der Waals surface area contributed by atoms with Gasteiger partial charge in [-0.15, -0.1) is 0 Å². The van der Waals surface area contributed by atoms with Crippen LogP contribution >= 0.6 is 11.8 Å². The number of sulfone groups is 1. The van der Waals surface area contributed by atoms with E-state index in [4.69, 9.17) is 4.74 Å². The Bertz CT molecular complexity index is 920. The molecule has 1 saturated heterocycles. The first-order valence-electron chi connectivity index (χ1n) is 9.32. The third-order valence-corrected chi connectivity index (χ3v) is 6.98. The molecular formula is C21H25NO4S2. The molecule has 0 aliphatic carbocycles. The summed E-state index contributed by atoms with van der Waals surface area (Å²) in [5.74, 6) is 0.414. The lowest BCUT2D eigenvalue weighted by Crippen LogP contribution is -2.35. The number of benzene rings is 2. The molecule has 1 aliphatic rings. The van der Waals surface area contributed by atoms with Crippen LogP contribution < -0.4 is 0 Å². The van der Waals surface area contributed by atoms with E-state index in [1.807, 2.05) is 36.1 Å². The maximum absolute atomic E-state index is 13.2. The van der Waals surface area contributed by atoms with Crippen molar-refractivity contribution in [3.05, 3.63) is 54.1 Å². The van der Waals surface area contributed by atoms with Crippen LogP contribution in [0.3, 0.4) is 0 Å². The van der Waals surface area contributed by atoms with Gasteiger partial charge in [-0.1, -0.05) is 23.9 Å². The van der Waals surface area contributed by atoms with E-state index in [2.05, 4.69) is 0 Å². The molecule has 1 aliphatic heterocycles. The molecule has 0 bridgehead atoms. The number of ether oxygens (including phenoxy) is 1. The third kappa shape index (κ3) is 5.16. The van der Waals surface area contributed by atoms with Gasteiger partial charge in [0.05, 0.1) is 17.1 Å². The number of carbonyl (C=O) groups excluding carboxylic acids is 1. The largest absolute Gasteiger partial charge is 0.381 e. The summed E-state index contributed by atoms with van der Waals surface area (Å²) < 4.78 is 28.7. The molecule has 5 nitrogen and oxygen atoms in total. The Morgan fingerprint density at radius 2 is 1.89 bits per heavy atom. The number of hydrogen-bond acceptors (Lipinski definition) is 5. The van der Waals surface area contributed by atoms with Gasteiger partial charge in [-0.25, -0.2) is 8.42 Å². The minimum Gasteiger partial charge on any atom is -0.381 e. The molecule has 0 saturated carbocycles. The van der Waals surface area contributed by atoms with E-state index in [1.54, 1.807) is 24.3 Å². The summed E-state index contributed by atoms with van der Waals surface area (Å²) in [5.41, 5.74) is 0.667. The zero-order valence-electron chi connectivity index (χ0n) is 16.1. The average molecular weight is 420 g/mol. The van der Waals surface area contributed by atoms with Gasteiger partial charge in [0, 0.05) is 41.7 Å². The summed E-state index contributed by atoms with van der Waals surface area (Å²) in [6.07, 6.45) is 2.19. The molecule has 28 heavy (non-hydrogen) atoms. The van der Waals surface area contributed by atoms with Crippen molar-refractivity contribution in [1.29, 1.82) is 0 Å². The van der Waals surface area contributed by atoms with E-state index in [1.165, 1.54) is 18.0 Å². The first kappa shape index (κ1) is 20.9. The second kappa shape index (κ2) is 9.11. The Kier molecular flexibility index (Phi) is 6.80. The van der Waals surface area contributed by atoms with Gasteiger partial charge in [0.15, 0.2) is 9.84 Å². The highest BCUT2D eigenvalue weighted by Gasteiger charge is 2.24. The molecule has 3 rings (SSSR count). The lowest BCUT2D eigenvalue weighted by atomic mass is 10.1. The van der Waals surface area contributed by atoms with Gasteiger partial charge in [-0.3, -0.25) is 4.79 Å². The molecule has 7 heteroatoms. The topological polar surface area (TPSA) is 63.7 Å². The van der Waals surface area contributed by atoms with Crippen LogP contribution in [0, 0.1) is 5.92 Å². The minimum atomic E-state index is -3.22.